The average molecular weight is 513 g/mol. The molecule has 3 aromatic carbocycles. The van der Waals surface area contributed by atoms with E-state index in [2.05, 4.69) is 34.6 Å². The first kappa shape index (κ1) is 26.5. The fourth-order valence-electron chi connectivity index (χ4n) is 4.01. The number of carbonyl (C=O) groups is 2. The minimum Gasteiger partial charge on any atom is -0.486 e. The van der Waals surface area contributed by atoms with Gasteiger partial charge in [0, 0.05) is 29.9 Å². The smallest absolute Gasteiger partial charge is 0.287 e. The molecule has 8 heteroatoms. The Kier molecular flexibility index (Phi) is 8.77. The van der Waals surface area contributed by atoms with Crippen LogP contribution in [0.4, 0.5) is 5.69 Å². The maximum atomic E-state index is 13.2. The molecule has 0 fully saturated rings. The minimum atomic E-state index is -0.543. The first-order chi connectivity index (χ1) is 18.5. The number of rotatable bonds is 9. The molecule has 0 unspecified atom stereocenters. The van der Waals surface area contributed by atoms with Crippen LogP contribution in [0, 0.1) is 0 Å². The molecule has 0 aromatic heterocycles. The molecule has 0 aliphatic carbocycles. The second-order valence-corrected chi connectivity index (χ2v) is 8.64. The third kappa shape index (κ3) is 6.59. The Hall–Kier alpha value is -4.59. The van der Waals surface area contributed by atoms with Gasteiger partial charge in [0.25, 0.3) is 11.8 Å². The molecule has 2 amide bonds. The van der Waals surface area contributed by atoms with Crippen molar-refractivity contribution < 1.29 is 19.1 Å². The third-order valence-corrected chi connectivity index (χ3v) is 6.15. The van der Waals surface area contributed by atoms with Crippen molar-refractivity contribution in [3.63, 3.8) is 0 Å². The van der Waals surface area contributed by atoms with Crippen molar-refractivity contribution in [2.75, 3.05) is 31.2 Å². The van der Waals surface area contributed by atoms with Crippen LogP contribution in [0.5, 0.6) is 11.5 Å². The fraction of sp³-hybridized carbons (Fsp3) is 0.233. The molecule has 0 atom stereocenters. The number of benzene rings is 3. The van der Waals surface area contributed by atoms with Crippen LogP contribution in [0.1, 0.15) is 42.3 Å². The van der Waals surface area contributed by atoms with Crippen molar-refractivity contribution in [3.8, 4) is 11.5 Å². The Bertz CT molecular complexity index is 1330. The summed E-state index contributed by atoms with van der Waals surface area (Å²) in [6.07, 6.45) is 1.64. The van der Waals surface area contributed by atoms with Crippen LogP contribution in [0.3, 0.4) is 0 Å². The molecule has 8 nitrogen and oxygen atoms in total. The van der Waals surface area contributed by atoms with Gasteiger partial charge in [0.05, 0.1) is 5.71 Å². The van der Waals surface area contributed by atoms with E-state index in [4.69, 9.17) is 9.47 Å². The van der Waals surface area contributed by atoms with Gasteiger partial charge in [-0.15, -0.1) is 0 Å². The predicted octanol–water partition coefficient (Wildman–Crippen LogP) is 4.62. The summed E-state index contributed by atoms with van der Waals surface area (Å²) < 4.78 is 11.2. The monoisotopic (exact) mass is 512 g/mol. The van der Waals surface area contributed by atoms with Gasteiger partial charge in [-0.3, -0.25) is 9.59 Å². The number of nitrogens with zero attached hydrogens (tertiary/aromatic N) is 2. The third-order valence-electron chi connectivity index (χ3n) is 6.15. The highest BCUT2D eigenvalue weighted by molar-refractivity contribution is 6.06. The average Bonchev–Trinajstić information content (AvgIpc) is 2.97. The van der Waals surface area contributed by atoms with Gasteiger partial charge in [0.1, 0.15) is 18.9 Å². The number of anilines is 1. The van der Waals surface area contributed by atoms with Gasteiger partial charge in [-0.2, -0.15) is 5.10 Å². The van der Waals surface area contributed by atoms with Crippen molar-refractivity contribution in [2.45, 2.75) is 20.8 Å². The lowest BCUT2D eigenvalue weighted by atomic mass is 10.1. The maximum Gasteiger partial charge on any atom is 0.287 e. The fourth-order valence-corrected chi connectivity index (χ4v) is 4.01. The zero-order chi connectivity index (χ0) is 26.9. The number of amides is 2. The molecule has 0 radical (unpaired) electrons. The van der Waals surface area contributed by atoms with Gasteiger partial charge in [0.2, 0.25) is 0 Å². The molecule has 0 bridgehead atoms. The van der Waals surface area contributed by atoms with E-state index in [1.165, 1.54) is 0 Å². The molecule has 0 saturated carbocycles. The Balaban J connectivity index is 1.56. The van der Waals surface area contributed by atoms with E-state index in [-0.39, 0.29) is 11.6 Å². The quantitative estimate of drug-likeness (QED) is 0.248. The SMILES string of the molecule is CCN(CC)c1ccc(/C=C(\NC(=O)c2ccccc2)C(=O)NN=C(C)c2ccc3c(c2)OCCO3)cc1. The summed E-state index contributed by atoms with van der Waals surface area (Å²) in [5, 5.41) is 7.01. The van der Waals surface area contributed by atoms with E-state index < -0.39 is 5.91 Å². The van der Waals surface area contributed by atoms with E-state index >= 15 is 0 Å². The summed E-state index contributed by atoms with van der Waals surface area (Å²) in [7, 11) is 0. The number of fused-ring (bicyclic) bond motifs is 1. The molecule has 196 valence electrons. The Morgan fingerprint density at radius 3 is 2.26 bits per heavy atom. The first-order valence-electron chi connectivity index (χ1n) is 12.7. The molecule has 38 heavy (non-hydrogen) atoms. The van der Waals surface area contributed by atoms with Crippen molar-refractivity contribution in [2.24, 2.45) is 5.10 Å². The van der Waals surface area contributed by atoms with Crippen LogP contribution in [0.25, 0.3) is 6.08 Å². The van der Waals surface area contributed by atoms with Crippen molar-refractivity contribution in [1.82, 2.24) is 10.7 Å². The topological polar surface area (TPSA) is 92.3 Å². The summed E-state index contributed by atoms with van der Waals surface area (Å²) >= 11 is 0. The summed E-state index contributed by atoms with van der Waals surface area (Å²) in [4.78, 5) is 28.3. The number of ether oxygens (including phenoxy) is 2. The molecular formula is C30H32N4O4. The second-order valence-electron chi connectivity index (χ2n) is 8.64. The van der Waals surface area contributed by atoms with Gasteiger partial charge in [-0.05, 0) is 74.9 Å². The standard InChI is InChI=1S/C30H32N4O4/c1-4-34(5-2)25-14-11-22(12-15-25)19-26(31-29(35)23-9-7-6-8-10-23)30(36)33-32-21(3)24-13-16-27-28(20-24)38-18-17-37-27/h6-16,19-20H,4-5,17-18H2,1-3H3,(H,31,35)(H,33,36)/b26-19-,32-21?. The Labute approximate surface area is 223 Å². The minimum absolute atomic E-state index is 0.0770. The van der Waals surface area contributed by atoms with E-state index in [1.807, 2.05) is 48.5 Å². The van der Waals surface area contributed by atoms with Crippen LogP contribution >= 0.6 is 0 Å². The number of carbonyl (C=O) groups excluding carboxylic acids is 2. The van der Waals surface area contributed by atoms with E-state index in [0.717, 1.165) is 29.9 Å². The van der Waals surface area contributed by atoms with Crippen LogP contribution in [0.15, 0.2) is 83.6 Å². The van der Waals surface area contributed by atoms with E-state index in [9.17, 15) is 9.59 Å². The predicted molar refractivity (Wildman–Crippen MR) is 150 cm³/mol. The Morgan fingerprint density at radius 2 is 1.58 bits per heavy atom. The number of hydrogen-bond acceptors (Lipinski definition) is 6. The van der Waals surface area contributed by atoms with Gasteiger partial charge in [0.15, 0.2) is 11.5 Å². The molecular weight excluding hydrogens is 480 g/mol. The van der Waals surface area contributed by atoms with Crippen LogP contribution in [0.2, 0.25) is 0 Å². The highest BCUT2D eigenvalue weighted by Gasteiger charge is 2.16. The van der Waals surface area contributed by atoms with Crippen LogP contribution < -0.4 is 25.1 Å². The number of hydrazone groups is 1. The zero-order valence-corrected chi connectivity index (χ0v) is 21.9. The summed E-state index contributed by atoms with van der Waals surface area (Å²) in [6.45, 7) is 8.77. The maximum absolute atomic E-state index is 13.2. The van der Waals surface area contributed by atoms with Gasteiger partial charge in [-0.25, -0.2) is 5.43 Å². The van der Waals surface area contributed by atoms with Gasteiger partial charge >= 0.3 is 0 Å². The summed E-state index contributed by atoms with van der Waals surface area (Å²) in [5.41, 5.74) is 6.31. The zero-order valence-electron chi connectivity index (χ0n) is 21.9. The Morgan fingerprint density at radius 1 is 0.895 bits per heavy atom. The molecule has 0 saturated heterocycles. The van der Waals surface area contributed by atoms with E-state index in [0.29, 0.717) is 36.0 Å². The number of hydrogen-bond donors (Lipinski definition) is 2. The molecule has 1 heterocycles. The van der Waals surface area contributed by atoms with Gasteiger partial charge < -0.3 is 19.7 Å². The van der Waals surface area contributed by atoms with Crippen LogP contribution in [-0.2, 0) is 4.79 Å². The number of nitrogens with one attached hydrogen (secondary N) is 2. The summed E-state index contributed by atoms with van der Waals surface area (Å²) in [5.74, 6) is 0.384. The lowest BCUT2D eigenvalue weighted by molar-refractivity contribution is -0.117. The van der Waals surface area contributed by atoms with Crippen molar-refractivity contribution in [1.29, 1.82) is 0 Å². The van der Waals surface area contributed by atoms with Crippen molar-refractivity contribution in [3.05, 3.63) is 95.2 Å². The second kappa shape index (κ2) is 12.6. The van der Waals surface area contributed by atoms with E-state index in [1.54, 1.807) is 37.3 Å². The molecule has 4 rings (SSSR count). The lowest BCUT2D eigenvalue weighted by Crippen LogP contribution is -2.33. The highest BCUT2D eigenvalue weighted by Crippen LogP contribution is 2.30. The summed E-state index contributed by atoms with van der Waals surface area (Å²) in [6, 6.07) is 22.1. The molecule has 2 N–H and O–H groups in total. The molecule has 1 aliphatic rings. The normalized spacial score (nSPS) is 13.0. The lowest BCUT2D eigenvalue weighted by Gasteiger charge is -2.21. The molecule has 3 aromatic rings. The van der Waals surface area contributed by atoms with Crippen molar-refractivity contribution >= 4 is 29.3 Å². The molecule has 1 aliphatic heterocycles. The highest BCUT2D eigenvalue weighted by atomic mass is 16.6. The largest absolute Gasteiger partial charge is 0.486 e. The van der Waals surface area contributed by atoms with Crippen LogP contribution in [-0.4, -0.2) is 43.8 Å². The first-order valence-corrected chi connectivity index (χ1v) is 12.7. The van der Waals surface area contributed by atoms with Gasteiger partial charge in [-0.1, -0.05) is 30.3 Å². The molecule has 0 spiro atoms.